The monoisotopic (exact) mass is 400 g/mol. The van der Waals surface area contributed by atoms with E-state index < -0.39 is 0 Å². The van der Waals surface area contributed by atoms with Crippen molar-refractivity contribution in [1.82, 2.24) is 0 Å². The van der Waals surface area contributed by atoms with E-state index in [1.54, 1.807) is 30.3 Å². The maximum absolute atomic E-state index is 13.1. The molecule has 1 amide bonds. The summed E-state index contributed by atoms with van der Waals surface area (Å²) in [5, 5.41) is 13.5. The number of nitrogens with one attached hydrogen (secondary N) is 1. The number of phenolic OH excluding ortho intramolecular Hbond substituents is 1. The SMILES string of the molecule is NC(=O)CCCc1ccc(Nc2ccc(O)c3c2C(=O)c2ccccc2C3=O)cc1. The molecule has 1 aliphatic rings. The number of rotatable bonds is 6. The molecule has 0 radical (unpaired) electrons. The van der Waals surface area contributed by atoms with E-state index in [1.165, 1.54) is 6.07 Å². The average Bonchev–Trinajstić information content (AvgIpc) is 2.74. The highest BCUT2D eigenvalue weighted by Gasteiger charge is 2.33. The zero-order valence-corrected chi connectivity index (χ0v) is 16.1. The molecule has 150 valence electrons. The molecule has 0 saturated carbocycles. The summed E-state index contributed by atoms with van der Waals surface area (Å²) in [6.45, 7) is 0. The van der Waals surface area contributed by atoms with Crippen molar-refractivity contribution in [2.75, 3.05) is 5.32 Å². The number of primary amides is 1. The topological polar surface area (TPSA) is 109 Å². The Labute approximate surface area is 173 Å². The summed E-state index contributed by atoms with van der Waals surface area (Å²) < 4.78 is 0. The normalized spacial score (nSPS) is 12.3. The molecule has 30 heavy (non-hydrogen) atoms. The molecule has 3 aromatic carbocycles. The van der Waals surface area contributed by atoms with Crippen LogP contribution in [0.4, 0.5) is 11.4 Å². The highest BCUT2D eigenvalue weighted by molar-refractivity contribution is 6.31. The van der Waals surface area contributed by atoms with Gasteiger partial charge in [0.05, 0.1) is 16.8 Å². The van der Waals surface area contributed by atoms with Gasteiger partial charge in [0.2, 0.25) is 5.91 Å². The molecule has 0 heterocycles. The molecule has 0 bridgehead atoms. The lowest BCUT2D eigenvalue weighted by Gasteiger charge is -2.21. The third-order valence-corrected chi connectivity index (χ3v) is 5.18. The predicted octanol–water partition coefficient (Wildman–Crippen LogP) is 3.72. The summed E-state index contributed by atoms with van der Waals surface area (Å²) in [5.74, 6) is -1.20. The number of fused-ring (bicyclic) bond motifs is 2. The third kappa shape index (κ3) is 3.55. The van der Waals surface area contributed by atoms with Crippen LogP contribution in [0.15, 0.2) is 60.7 Å². The molecular weight excluding hydrogens is 380 g/mol. The van der Waals surface area contributed by atoms with Gasteiger partial charge in [0.1, 0.15) is 5.75 Å². The van der Waals surface area contributed by atoms with Crippen LogP contribution in [-0.2, 0) is 11.2 Å². The van der Waals surface area contributed by atoms with Crippen molar-refractivity contribution >= 4 is 28.8 Å². The number of nitrogens with two attached hydrogens (primary N) is 1. The number of hydrogen-bond acceptors (Lipinski definition) is 5. The molecule has 0 fully saturated rings. The summed E-state index contributed by atoms with van der Waals surface area (Å²) in [7, 11) is 0. The lowest BCUT2D eigenvalue weighted by atomic mass is 9.82. The van der Waals surface area contributed by atoms with E-state index >= 15 is 0 Å². The van der Waals surface area contributed by atoms with Gasteiger partial charge < -0.3 is 16.2 Å². The van der Waals surface area contributed by atoms with Gasteiger partial charge in [-0.15, -0.1) is 0 Å². The first-order chi connectivity index (χ1) is 14.5. The zero-order valence-electron chi connectivity index (χ0n) is 16.1. The number of ketones is 2. The summed E-state index contributed by atoms with van der Waals surface area (Å²) in [4.78, 5) is 36.9. The van der Waals surface area contributed by atoms with Crippen LogP contribution < -0.4 is 11.1 Å². The van der Waals surface area contributed by atoms with E-state index in [-0.39, 0.29) is 34.4 Å². The van der Waals surface area contributed by atoms with Crippen molar-refractivity contribution in [1.29, 1.82) is 0 Å². The van der Waals surface area contributed by atoms with E-state index in [2.05, 4.69) is 5.32 Å². The number of phenols is 1. The fraction of sp³-hybridized carbons (Fsp3) is 0.125. The highest BCUT2D eigenvalue weighted by atomic mass is 16.3. The average molecular weight is 400 g/mol. The van der Waals surface area contributed by atoms with Crippen molar-refractivity contribution in [2.24, 2.45) is 5.73 Å². The minimum Gasteiger partial charge on any atom is -0.507 e. The largest absolute Gasteiger partial charge is 0.507 e. The van der Waals surface area contributed by atoms with E-state index in [4.69, 9.17) is 5.73 Å². The van der Waals surface area contributed by atoms with Crippen molar-refractivity contribution in [3.63, 3.8) is 0 Å². The Morgan fingerprint density at radius 2 is 1.50 bits per heavy atom. The Hall–Kier alpha value is -3.93. The van der Waals surface area contributed by atoms with Crippen molar-refractivity contribution < 1.29 is 19.5 Å². The fourth-order valence-corrected chi connectivity index (χ4v) is 3.69. The Morgan fingerprint density at radius 3 is 2.13 bits per heavy atom. The van der Waals surface area contributed by atoms with Crippen molar-refractivity contribution in [2.45, 2.75) is 19.3 Å². The number of anilines is 2. The summed E-state index contributed by atoms with van der Waals surface area (Å²) in [6, 6.07) is 17.2. The van der Waals surface area contributed by atoms with Crippen LogP contribution in [0.5, 0.6) is 5.75 Å². The number of aromatic hydroxyl groups is 1. The number of carbonyl (C=O) groups excluding carboxylic acids is 3. The molecule has 0 aromatic heterocycles. The van der Waals surface area contributed by atoms with Crippen LogP contribution in [-0.4, -0.2) is 22.6 Å². The lowest BCUT2D eigenvalue weighted by Crippen LogP contribution is -2.22. The molecular formula is C24H20N2O4. The first-order valence-electron chi connectivity index (χ1n) is 9.64. The molecule has 3 aromatic rings. The molecule has 0 unspecified atom stereocenters. The van der Waals surface area contributed by atoms with Crippen LogP contribution in [0.25, 0.3) is 0 Å². The molecule has 6 heteroatoms. The first-order valence-corrected chi connectivity index (χ1v) is 9.64. The number of aryl methyl sites for hydroxylation is 1. The Kier molecular flexibility index (Phi) is 5.06. The number of carbonyl (C=O) groups is 3. The van der Waals surface area contributed by atoms with E-state index in [0.717, 1.165) is 17.7 Å². The molecule has 0 atom stereocenters. The van der Waals surface area contributed by atoms with Gasteiger partial charge in [0.15, 0.2) is 11.6 Å². The quantitative estimate of drug-likeness (QED) is 0.427. The van der Waals surface area contributed by atoms with Crippen molar-refractivity contribution in [3.05, 3.63) is 88.5 Å². The maximum atomic E-state index is 13.1. The molecule has 0 spiro atoms. The van der Waals surface area contributed by atoms with Gasteiger partial charge in [-0.1, -0.05) is 36.4 Å². The second-order valence-electron chi connectivity index (χ2n) is 7.23. The third-order valence-electron chi connectivity index (χ3n) is 5.18. The van der Waals surface area contributed by atoms with Gasteiger partial charge in [-0.3, -0.25) is 14.4 Å². The van der Waals surface area contributed by atoms with Gasteiger partial charge in [-0.2, -0.15) is 0 Å². The Balaban J connectivity index is 1.63. The summed E-state index contributed by atoms with van der Waals surface area (Å²) in [6.07, 6.45) is 1.77. The molecule has 1 aliphatic carbocycles. The van der Waals surface area contributed by atoms with Crippen LogP contribution in [0.3, 0.4) is 0 Å². The minimum absolute atomic E-state index is 0.0202. The van der Waals surface area contributed by atoms with Gasteiger partial charge in [-0.05, 0) is 42.7 Å². The van der Waals surface area contributed by atoms with Gasteiger partial charge in [-0.25, -0.2) is 0 Å². The minimum atomic E-state index is -0.369. The first kappa shape index (κ1) is 19.4. The van der Waals surface area contributed by atoms with E-state index in [9.17, 15) is 19.5 Å². The van der Waals surface area contributed by atoms with Gasteiger partial charge >= 0.3 is 0 Å². The Morgan fingerprint density at radius 1 is 0.867 bits per heavy atom. The molecule has 6 nitrogen and oxygen atoms in total. The summed E-state index contributed by atoms with van der Waals surface area (Å²) >= 11 is 0. The van der Waals surface area contributed by atoms with Crippen LogP contribution in [0, 0.1) is 0 Å². The molecule has 0 saturated heterocycles. The fourth-order valence-electron chi connectivity index (χ4n) is 3.69. The molecule has 0 aliphatic heterocycles. The molecule has 4 N–H and O–H groups in total. The van der Waals surface area contributed by atoms with Gasteiger partial charge in [0, 0.05) is 23.2 Å². The summed E-state index contributed by atoms with van der Waals surface area (Å²) in [5.41, 5.74) is 8.23. The van der Waals surface area contributed by atoms with Crippen LogP contribution >= 0.6 is 0 Å². The molecule has 4 rings (SSSR count). The van der Waals surface area contributed by atoms with E-state index in [1.807, 2.05) is 24.3 Å². The van der Waals surface area contributed by atoms with E-state index in [0.29, 0.717) is 29.7 Å². The van der Waals surface area contributed by atoms with Crippen LogP contribution in [0.2, 0.25) is 0 Å². The number of benzene rings is 3. The lowest BCUT2D eigenvalue weighted by molar-refractivity contribution is -0.118. The van der Waals surface area contributed by atoms with Gasteiger partial charge in [0.25, 0.3) is 0 Å². The predicted molar refractivity (Wildman–Crippen MR) is 113 cm³/mol. The highest BCUT2D eigenvalue weighted by Crippen LogP contribution is 2.37. The second kappa shape index (κ2) is 7.83. The number of hydrogen-bond donors (Lipinski definition) is 3. The maximum Gasteiger partial charge on any atom is 0.217 e. The smallest absolute Gasteiger partial charge is 0.217 e. The standard InChI is InChI=1S/C24H20N2O4/c25-20(28)7-3-4-14-8-10-15(11-9-14)26-18-12-13-19(27)22-21(18)23(29)16-5-1-2-6-17(16)24(22)30/h1-2,5-6,8-13,26-27H,3-4,7H2,(H2,25,28). The Bertz CT molecular complexity index is 1170. The second-order valence-corrected chi connectivity index (χ2v) is 7.23. The number of amides is 1. The van der Waals surface area contributed by atoms with Crippen LogP contribution in [0.1, 0.15) is 50.2 Å². The zero-order chi connectivity index (χ0) is 21.3. The van der Waals surface area contributed by atoms with Crippen molar-refractivity contribution in [3.8, 4) is 5.75 Å².